The molecule has 2 aromatic heterocycles. The van der Waals surface area contributed by atoms with Gasteiger partial charge in [-0.3, -0.25) is 0 Å². The summed E-state index contributed by atoms with van der Waals surface area (Å²) in [4.78, 5) is 6.66. The van der Waals surface area contributed by atoms with Crippen LogP contribution in [-0.4, -0.2) is 26.8 Å². The van der Waals surface area contributed by atoms with Crippen LogP contribution >= 0.6 is 23.2 Å². The third-order valence-electron chi connectivity index (χ3n) is 2.71. The van der Waals surface area contributed by atoms with E-state index in [1.54, 1.807) is 18.0 Å². The van der Waals surface area contributed by atoms with Crippen molar-refractivity contribution in [1.82, 2.24) is 14.1 Å². The van der Waals surface area contributed by atoms with Gasteiger partial charge in [0, 0.05) is 11.4 Å². The van der Waals surface area contributed by atoms with Gasteiger partial charge in [0.1, 0.15) is 20.1 Å². The van der Waals surface area contributed by atoms with E-state index in [9.17, 15) is 16.8 Å². The van der Waals surface area contributed by atoms with E-state index in [1.165, 1.54) is 12.1 Å². The molecule has 0 saturated carbocycles. The van der Waals surface area contributed by atoms with Gasteiger partial charge in [0.25, 0.3) is 20.0 Å². The van der Waals surface area contributed by atoms with Gasteiger partial charge in [-0.05, 0) is 38.1 Å². The van der Waals surface area contributed by atoms with Crippen molar-refractivity contribution < 1.29 is 16.8 Å². The Hall–Kier alpha value is -1.26. The van der Waals surface area contributed by atoms with Crippen molar-refractivity contribution in [1.29, 1.82) is 0 Å². The summed E-state index contributed by atoms with van der Waals surface area (Å²) in [5, 5.41) is -0.665. The maximum atomic E-state index is 12.3. The zero-order chi connectivity index (χ0) is 17.4. The fraction of sp³-hybridized carbons (Fsp3) is 0.167. The summed E-state index contributed by atoms with van der Waals surface area (Å²) in [6.07, 6.45) is 0. The summed E-state index contributed by atoms with van der Waals surface area (Å²) in [5.74, 6) is 0. The van der Waals surface area contributed by atoms with Crippen molar-refractivity contribution in [3.63, 3.8) is 0 Å². The molecule has 0 unspecified atom stereocenters. The Labute approximate surface area is 143 Å². The van der Waals surface area contributed by atoms with Crippen LogP contribution < -0.4 is 4.13 Å². The highest BCUT2D eigenvalue weighted by Crippen LogP contribution is 2.23. The second-order valence-electron chi connectivity index (χ2n) is 4.57. The molecule has 0 fully saturated rings. The third kappa shape index (κ3) is 3.99. The van der Waals surface area contributed by atoms with Crippen molar-refractivity contribution in [2.75, 3.05) is 0 Å². The number of rotatable bonds is 4. The van der Waals surface area contributed by atoms with E-state index < -0.39 is 29.8 Å². The molecule has 0 radical (unpaired) electrons. The number of hydrogen-bond acceptors (Lipinski definition) is 6. The Morgan fingerprint density at radius 1 is 0.783 bits per heavy atom. The first-order valence-corrected chi connectivity index (χ1v) is 9.80. The molecule has 2 heterocycles. The van der Waals surface area contributed by atoms with Crippen LogP contribution in [0.1, 0.15) is 11.4 Å². The number of nitrogens with one attached hydrogen (secondary N) is 1. The molecule has 7 nitrogen and oxygen atoms in total. The molecule has 0 saturated heterocycles. The SMILES string of the molecule is Cc1ccc(S(=O)(=O)NS(=O)(=O)c2ccc(C)nc2Cl)c(Cl)n1. The molecule has 11 heteroatoms. The van der Waals surface area contributed by atoms with Crippen LogP contribution in [-0.2, 0) is 20.0 Å². The molecule has 0 aromatic carbocycles. The van der Waals surface area contributed by atoms with Crippen LogP contribution in [0.3, 0.4) is 0 Å². The summed E-state index contributed by atoms with van der Waals surface area (Å²) in [6, 6.07) is 5.12. The Bertz CT molecular complexity index is 896. The molecule has 0 atom stereocenters. The second kappa shape index (κ2) is 6.33. The summed E-state index contributed by atoms with van der Waals surface area (Å²) < 4.78 is 50.6. The van der Waals surface area contributed by atoms with Crippen LogP contribution in [0.15, 0.2) is 34.1 Å². The number of nitrogens with zero attached hydrogens (tertiary/aromatic N) is 2. The van der Waals surface area contributed by atoms with Gasteiger partial charge < -0.3 is 0 Å². The standard InChI is InChI=1S/C12H11Cl2N3O4S2/c1-7-3-5-9(11(13)15-7)22(18,19)17-23(20,21)10-6-4-8(2)16-12(10)14/h3-6,17H,1-2H3. The van der Waals surface area contributed by atoms with Crippen molar-refractivity contribution in [2.45, 2.75) is 23.6 Å². The highest BCUT2D eigenvalue weighted by molar-refractivity contribution is 8.04. The molecule has 0 aliphatic carbocycles. The first kappa shape index (κ1) is 18.1. The van der Waals surface area contributed by atoms with Crippen LogP contribution in [0, 0.1) is 13.8 Å². The summed E-state index contributed by atoms with van der Waals surface area (Å²) in [6.45, 7) is 3.23. The van der Waals surface area contributed by atoms with Gasteiger partial charge in [-0.1, -0.05) is 23.2 Å². The van der Waals surface area contributed by atoms with Crippen molar-refractivity contribution in [3.05, 3.63) is 46.0 Å². The summed E-state index contributed by atoms with van der Waals surface area (Å²) >= 11 is 11.6. The van der Waals surface area contributed by atoms with Crippen LogP contribution in [0.5, 0.6) is 0 Å². The fourth-order valence-corrected chi connectivity index (χ4v) is 5.56. The molecule has 0 aliphatic rings. The van der Waals surface area contributed by atoms with Gasteiger partial charge in [-0.25, -0.2) is 26.8 Å². The number of halogens is 2. The summed E-state index contributed by atoms with van der Waals surface area (Å²) in [5.41, 5.74) is 0.977. The monoisotopic (exact) mass is 395 g/mol. The molecular weight excluding hydrogens is 385 g/mol. The minimum Gasteiger partial charge on any atom is -0.240 e. The number of aryl methyl sites for hydroxylation is 2. The largest absolute Gasteiger partial charge is 0.256 e. The third-order valence-corrected chi connectivity index (χ3v) is 7.08. The fourth-order valence-electron chi connectivity index (χ4n) is 1.66. The predicted octanol–water partition coefficient (Wildman–Crippen LogP) is 2.07. The van der Waals surface area contributed by atoms with Crippen LogP contribution in [0.25, 0.3) is 0 Å². The van der Waals surface area contributed by atoms with Gasteiger partial charge in [0.15, 0.2) is 0 Å². The lowest BCUT2D eigenvalue weighted by Gasteiger charge is -2.10. The van der Waals surface area contributed by atoms with Crippen molar-refractivity contribution >= 4 is 43.2 Å². The van der Waals surface area contributed by atoms with Gasteiger partial charge in [-0.2, -0.15) is 0 Å². The zero-order valence-electron chi connectivity index (χ0n) is 11.9. The van der Waals surface area contributed by atoms with E-state index in [4.69, 9.17) is 23.2 Å². The lowest BCUT2D eigenvalue weighted by Crippen LogP contribution is -2.31. The average molecular weight is 396 g/mol. The van der Waals surface area contributed by atoms with Crippen LogP contribution in [0.4, 0.5) is 0 Å². The molecule has 124 valence electrons. The van der Waals surface area contributed by atoms with E-state index in [0.29, 0.717) is 11.4 Å². The van der Waals surface area contributed by atoms with E-state index >= 15 is 0 Å². The number of sulfonamides is 2. The van der Waals surface area contributed by atoms with Gasteiger partial charge in [0.2, 0.25) is 0 Å². The topological polar surface area (TPSA) is 106 Å². The molecule has 23 heavy (non-hydrogen) atoms. The quantitative estimate of drug-likeness (QED) is 0.793. The van der Waals surface area contributed by atoms with E-state index in [2.05, 4.69) is 9.97 Å². The smallest absolute Gasteiger partial charge is 0.240 e. The maximum absolute atomic E-state index is 12.3. The minimum atomic E-state index is -4.46. The minimum absolute atomic E-state index is 0.333. The molecule has 0 spiro atoms. The zero-order valence-corrected chi connectivity index (χ0v) is 15.1. The average Bonchev–Trinajstić information content (AvgIpc) is 2.35. The Kier molecular flexibility index (Phi) is 4.97. The van der Waals surface area contributed by atoms with E-state index in [-0.39, 0.29) is 10.3 Å². The highest BCUT2D eigenvalue weighted by atomic mass is 35.5. The van der Waals surface area contributed by atoms with Gasteiger partial charge >= 0.3 is 0 Å². The summed E-state index contributed by atoms with van der Waals surface area (Å²) in [7, 11) is -8.92. The van der Waals surface area contributed by atoms with Crippen LogP contribution in [0.2, 0.25) is 10.3 Å². The Morgan fingerprint density at radius 2 is 1.13 bits per heavy atom. The predicted molar refractivity (Wildman–Crippen MR) is 85.5 cm³/mol. The van der Waals surface area contributed by atoms with Gasteiger partial charge in [-0.15, -0.1) is 4.13 Å². The van der Waals surface area contributed by atoms with Crippen molar-refractivity contribution in [2.24, 2.45) is 0 Å². The highest BCUT2D eigenvalue weighted by Gasteiger charge is 2.29. The second-order valence-corrected chi connectivity index (χ2v) is 8.85. The van der Waals surface area contributed by atoms with E-state index in [1.807, 2.05) is 0 Å². The maximum Gasteiger partial charge on any atom is 0.256 e. The lowest BCUT2D eigenvalue weighted by molar-refractivity contribution is 0.576. The van der Waals surface area contributed by atoms with Gasteiger partial charge in [0.05, 0.1) is 0 Å². The Balaban J connectivity index is 2.47. The molecule has 1 N–H and O–H groups in total. The number of aromatic nitrogens is 2. The molecule has 2 aromatic rings. The molecule has 0 amide bonds. The molecule has 2 rings (SSSR count). The first-order chi connectivity index (χ1) is 10.5. The van der Waals surface area contributed by atoms with E-state index in [0.717, 1.165) is 12.1 Å². The molecule has 0 aliphatic heterocycles. The first-order valence-electron chi connectivity index (χ1n) is 6.08. The van der Waals surface area contributed by atoms with Crippen molar-refractivity contribution in [3.8, 4) is 0 Å². The normalized spacial score (nSPS) is 12.3. The molecular formula is C12H11Cl2N3O4S2. The number of pyridine rings is 2. The lowest BCUT2D eigenvalue weighted by atomic mass is 10.4. The number of hydrogen-bond donors (Lipinski definition) is 1. The Morgan fingerprint density at radius 3 is 1.43 bits per heavy atom. The molecule has 0 bridgehead atoms.